The van der Waals surface area contributed by atoms with Crippen LogP contribution in [0.25, 0.3) is 0 Å². The van der Waals surface area contributed by atoms with E-state index in [9.17, 15) is 4.79 Å². The number of aromatic nitrogens is 2. The Bertz CT molecular complexity index is 435. The summed E-state index contributed by atoms with van der Waals surface area (Å²) in [5.74, 6) is 0.0859. The molecular formula is C14H24N4O. The highest BCUT2D eigenvalue weighted by molar-refractivity contribution is 5.92. The maximum Gasteiger partial charge on any atom is 0.272 e. The number of rotatable bonds is 4. The van der Waals surface area contributed by atoms with Gasteiger partial charge in [0.15, 0.2) is 0 Å². The quantitative estimate of drug-likeness (QED) is 0.891. The van der Waals surface area contributed by atoms with E-state index >= 15 is 0 Å². The van der Waals surface area contributed by atoms with Crippen molar-refractivity contribution in [2.45, 2.75) is 45.7 Å². The summed E-state index contributed by atoms with van der Waals surface area (Å²) in [6.45, 7) is 6.77. The first-order chi connectivity index (χ1) is 9.17. The lowest BCUT2D eigenvalue weighted by molar-refractivity contribution is 0.0695. The number of likely N-dealkylation sites (N-methyl/N-ethyl adjacent to an activating group) is 1. The minimum atomic E-state index is 0.0859. The average Bonchev–Trinajstić information content (AvgIpc) is 2.90. The van der Waals surface area contributed by atoms with E-state index < -0.39 is 0 Å². The molecule has 0 bridgehead atoms. The van der Waals surface area contributed by atoms with Gasteiger partial charge in [-0.3, -0.25) is 9.48 Å². The summed E-state index contributed by atoms with van der Waals surface area (Å²) in [7, 11) is 1.90. The number of piperidine rings is 1. The van der Waals surface area contributed by atoms with Crippen LogP contribution in [-0.4, -0.2) is 46.8 Å². The van der Waals surface area contributed by atoms with E-state index in [1.165, 1.54) is 0 Å². The minimum Gasteiger partial charge on any atom is -0.336 e. The predicted molar refractivity (Wildman–Crippen MR) is 75.3 cm³/mol. The summed E-state index contributed by atoms with van der Waals surface area (Å²) in [5, 5.41) is 7.80. The molecule has 2 heterocycles. The van der Waals surface area contributed by atoms with Crippen LogP contribution in [0, 0.1) is 0 Å². The van der Waals surface area contributed by atoms with Crippen LogP contribution >= 0.6 is 0 Å². The second kappa shape index (κ2) is 6.19. The first-order valence-corrected chi connectivity index (χ1v) is 7.22. The fourth-order valence-corrected chi connectivity index (χ4v) is 2.57. The Morgan fingerprint density at radius 2 is 2.37 bits per heavy atom. The first-order valence-electron chi connectivity index (χ1n) is 7.22. The summed E-state index contributed by atoms with van der Waals surface area (Å²) in [4.78, 5) is 14.5. The van der Waals surface area contributed by atoms with Gasteiger partial charge < -0.3 is 10.2 Å². The third-order valence-electron chi connectivity index (χ3n) is 3.85. The van der Waals surface area contributed by atoms with Crippen LogP contribution in [0.15, 0.2) is 6.07 Å². The normalized spacial score (nSPS) is 19.4. The van der Waals surface area contributed by atoms with Crippen LogP contribution in [-0.2, 0) is 13.0 Å². The number of nitrogens with zero attached hydrogens (tertiary/aromatic N) is 3. The molecule has 19 heavy (non-hydrogen) atoms. The maximum atomic E-state index is 12.6. The summed E-state index contributed by atoms with van der Waals surface area (Å²) in [5.41, 5.74) is 1.70. The number of amides is 1. The Balaban J connectivity index is 2.15. The van der Waals surface area contributed by atoms with Crippen molar-refractivity contribution in [2.75, 3.05) is 20.1 Å². The Labute approximate surface area is 115 Å². The first kappa shape index (κ1) is 14.1. The SMILES string of the molecule is CCc1cc(C(=O)N(C)C2CCCNC2)n(CC)n1. The van der Waals surface area contributed by atoms with E-state index in [-0.39, 0.29) is 5.91 Å². The molecule has 1 aliphatic rings. The number of nitrogens with one attached hydrogen (secondary N) is 1. The highest BCUT2D eigenvalue weighted by Gasteiger charge is 2.25. The smallest absolute Gasteiger partial charge is 0.272 e. The standard InChI is InChI=1S/C14H24N4O/c1-4-11-9-13(18(5-2)16-11)14(19)17(3)12-7-6-8-15-10-12/h9,12,15H,4-8,10H2,1-3H3. The van der Waals surface area contributed by atoms with Crippen molar-refractivity contribution >= 4 is 5.91 Å². The van der Waals surface area contributed by atoms with Crippen LogP contribution in [0.2, 0.25) is 0 Å². The van der Waals surface area contributed by atoms with Crippen molar-refractivity contribution < 1.29 is 4.79 Å². The molecule has 1 unspecified atom stereocenters. The molecule has 1 aromatic rings. The molecule has 1 aliphatic heterocycles. The van der Waals surface area contributed by atoms with Crippen LogP contribution in [0.5, 0.6) is 0 Å². The zero-order chi connectivity index (χ0) is 13.8. The van der Waals surface area contributed by atoms with Gasteiger partial charge in [0.25, 0.3) is 5.91 Å². The third kappa shape index (κ3) is 2.97. The largest absolute Gasteiger partial charge is 0.336 e. The van der Waals surface area contributed by atoms with Gasteiger partial charge in [0, 0.05) is 26.2 Å². The number of hydrogen-bond acceptors (Lipinski definition) is 3. The van der Waals surface area contributed by atoms with Crippen LogP contribution < -0.4 is 5.32 Å². The van der Waals surface area contributed by atoms with Crippen LogP contribution in [0.4, 0.5) is 0 Å². The van der Waals surface area contributed by atoms with Crippen molar-refractivity contribution in [1.29, 1.82) is 0 Å². The van der Waals surface area contributed by atoms with Gasteiger partial charge in [-0.05, 0) is 38.8 Å². The fraction of sp³-hybridized carbons (Fsp3) is 0.714. The molecule has 2 rings (SSSR count). The lowest BCUT2D eigenvalue weighted by Gasteiger charge is -2.31. The Morgan fingerprint density at radius 3 is 2.95 bits per heavy atom. The van der Waals surface area contributed by atoms with Crippen LogP contribution in [0.1, 0.15) is 42.9 Å². The van der Waals surface area contributed by atoms with Crippen LogP contribution in [0.3, 0.4) is 0 Å². The topological polar surface area (TPSA) is 50.2 Å². The zero-order valence-corrected chi connectivity index (χ0v) is 12.1. The van der Waals surface area contributed by atoms with Crippen molar-refractivity contribution in [3.63, 3.8) is 0 Å². The summed E-state index contributed by atoms with van der Waals surface area (Å²) in [6, 6.07) is 2.23. The lowest BCUT2D eigenvalue weighted by atomic mass is 10.1. The fourth-order valence-electron chi connectivity index (χ4n) is 2.57. The monoisotopic (exact) mass is 264 g/mol. The minimum absolute atomic E-state index is 0.0859. The zero-order valence-electron chi connectivity index (χ0n) is 12.1. The second-order valence-corrected chi connectivity index (χ2v) is 5.11. The van der Waals surface area contributed by atoms with Crippen molar-refractivity contribution in [3.8, 4) is 0 Å². The number of aryl methyl sites for hydroxylation is 2. The molecule has 5 nitrogen and oxygen atoms in total. The average molecular weight is 264 g/mol. The lowest BCUT2D eigenvalue weighted by Crippen LogP contribution is -2.47. The molecule has 1 atom stereocenters. The maximum absolute atomic E-state index is 12.6. The molecule has 5 heteroatoms. The Hall–Kier alpha value is -1.36. The van der Waals surface area contributed by atoms with Gasteiger partial charge in [-0.15, -0.1) is 0 Å². The second-order valence-electron chi connectivity index (χ2n) is 5.11. The molecule has 1 aromatic heterocycles. The molecule has 0 saturated carbocycles. The Kier molecular flexibility index (Phi) is 4.58. The van der Waals surface area contributed by atoms with Gasteiger partial charge in [0.2, 0.25) is 0 Å². The number of carbonyl (C=O) groups excluding carboxylic acids is 1. The van der Waals surface area contributed by atoms with E-state index in [0.29, 0.717) is 11.7 Å². The van der Waals surface area contributed by atoms with E-state index in [1.54, 1.807) is 0 Å². The van der Waals surface area contributed by atoms with Gasteiger partial charge >= 0.3 is 0 Å². The molecule has 106 valence electrons. The number of hydrogen-bond donors (Lipinski definition) is 1. The number of carbonyl (C=O) groups is 1. The van der Waals surface area contributed by atoms with Gasteiger partial charge in [-0.1, -0.05) is 6.92 Å². The molecule has 0 radical (unpaired) electrons. The summed E-state index contributed by atoms with van der Waals surface area (Å²) >= 11 is 0. The van der Waals surface area contributed by atoms with Crippen molar-refractivity contribution in [3.05, 3.63) is 17.5 Å². The molecule has 1 saturated heterocycles. The van der Waals surface area contributed by atoms with E-state index in [1.807, 2.05) is 29.6 Å². The van der Waals surface area contributed by atoms with Gasteiger partial charge in [0.05, 0.1) is 5.69 Å². The Morgan fingerprint density at radius 1 is 1.58 bits per heavy atom. The molecule has 0 aliphatic carbocycles. The molecule has 1 N–H and O–H groups in total. The summed E-state index contributed by atoms with van der Waals surface area (Å²) in [6.07, 6.45) is 3.08. The van der Waals surface area contributed by atoms with E-state index in [2.05, 4.69) is 17.3 Å². The highest BCUT2D eigenvalue weighted by atomic mass is 16.2. The molecule has 0 aromatic carbocycles. The molecule has 0 spiro atoms. The van der Waals surface area contributed by atoms with Gasteiger partial charge in [-0.25, -0.2) is 0 Å². The van der Waals surface area contributed by atoms with Crippen molar-refractivity contribution in [2.24, 2.45) is 0 Å². The van der Waals surface area contributed by atoms with Crippen molar-refractivity contribution in [1.82, 2.24) is 20.0 Å². The summed E-state index contributed by atoms with van der Waals surface area (Å²) < 4.78 is 1.81. The van der Waals surface area contributed by atoms with E-state index in [0.717, 1.165) is 44.6 Å². The molecular weight excluding hydrogens is 240 g/mol. The highest BCUT2D eigenvalue weighted by Crippen LogP contribution is 2.14. The van der Waals surface area contributed by atoms with Gasteiger partial charge in [-0.2, -0.15) is 5.10 Å². The molecule has 1 amide bonds. The third-order valence-corrected chi connectivity index (χ3v) is 3.85. The van der Waals surface area contributed by atoms with Gasteiger partial charge in [0.1, 0.15) is 5.69 Å². The van der Waals surface area contributed by atoms with E-state index in [4.69, 9.17) is 0 Å². The molecule has 1 fully saturated rings. The predicted octanol–water partition coefficient (Wildman–Crippen LogP) is 1.29.